The molecular formula is C20H27ClFN3O7P2. The second-order valence-electron chi connectivity index (χ2n) is 8.81. The highest BCUT2D eigenvalue weighted by Crippen LogP contribution is 2.55. The molecular weight excluding hydrogens is 511 g/mol. The van der Waals surface area contributed by atoms with Gasteiger partial charge in [0.25, 0.3) is 0 Å². The van der Waals surface area contributed by atoms with Gasteiger partial charge < -0.3 is 28.8 Å². The van der Waals surface area contributed by atoms with Crippen molar-refractivity contribution in [3.8, 4) is 0 Å². The van der Waals surface area contributed by atoms with Crippen LogP contribution in [0.3, 0.4) is 0 Å². The van der Waals surface area contributed by atoms with Gasteiger partial charge in [-0.05, 0) is 42.1 Å². The summed E-state index contributed by atoms with van der Waals surface area (Å²) in [5.74, 6) is -0.592. The number of alkyl halides is 1. The number of aromatic nitrogens is 2. The van der Waals surface area contributed by atoms with Crippen LogP contribution in [0.15, 0.2) is 18.2 Å². The van der Waals surface area contributed by atoms with Crippen molar-refractivity contribution in [1.29, 1.82) is 0 Å². The Morgan fingerprint density at radius 2 is 1.94 bits per heavy atom. The summed E-state index contributed by atoms with van der Waals surface area (Å²) in [6.07, 6.45) is 1.17. The maximum absolute atomic E-state index is 14.8. The van der Waals surface area contributed by atoms with Crippen LogP contribution in [0.5, 0.6) is 0 Å². The number of benzene rings is 1. The molecule has 10 nitrogen and oxygen atoms in total. The second kappa shape index (κ2) is 10.1. The largest absolute Gasteiger partial charge is 0.365 e. The molecule has 0 radical (unpaired) electrons. The molecule has 2 aliphatic rings. The van der Waals surface area contributed by atoms with Gasteiger partial charge in [0, 0.05) is 24.9 Å². The van der Waals surface area contributed by atoms with Gasteiger partial charge in [0.2, 0.25) is 5.28 Å². The Kier molecular flexibility index (Phi) is 7.68. The summed E-state index contributed by atoms with van der Waals surface area (Å²) in [6, 6.07) is 5.61. The monoisotopic (exact) mass is 537 g/mol. The quantitative estimate of drug-likeness (QED) is 0.332. The van der Waals surface area contributed by atoms with Crippen molar-refractivity contribution in [3.63, 3.8) is 0 Å². The highest BCUT2D eigenvalue weighted by molar-refractivity contribution is 7.70. The third kappa shape index (κ3) is 6.15. The van der Waals surface area contributed by atoms with Crippen LogP contribution in [0, 0.1) is 0 Å². The summed E-state index contributed by atoms with van der Waals surface area (Å²) in [6.45, 7) is -0.470. The molecule has 1 aliphatic heterocycles. The molecule has 34 heavy (non-hydrogen) atoms. The summed E-state index contributed by atoms with van der Waals surface area (Å²) in [4.78, 5) is 38.2. The zero-order chi connectivity index (χ0) is 24.7. The van der Waals surface area contributed by atoms with Crippen molar-refractivity contribution < 1.29 is 37.5 Å². The summed E-state index contributed by atoms with van der Waals surface area (Å²) < 4.78 is 48.1. The fourth-order valence-electron chi connectivity index (χ4n) is 4.60. The van der Waals surface area contributed by atoms with E-state index in [0.717, 1.165) is 18.2 Å². The van der Waals surface area contributed by atoms with E-state index >= 15 is 0 Å². The van der Waals surface area contributed by atoms with Crippen LogP contribution in [0.2, 0.25) is 5.28 Å². The zero-order valence-corrected chi connectivity index (χ0v) is 21.0. The molecule has 188 valence electrons. The molecule has 2 fully saturated rings. The van der Waals surface area contributed by atoms with Gasteiger partial charge in [-0.25, -0.2) is 9.37 Å². The normalized spacial score (nSPS) is 25.6. The number of ether oxygens (including phenoxy) is 1. The molecule has 0 amide bonds. The van der Waals surface area contributed by atoms with Crippen molar-refractivity contribution in [2.45, 2.75) is 56.5 Å². The topological polar surface area (TPSA) is 142 Å². The summed E-state index contributed by atoms with van der Waals surface area (Å²) >= 11 is 6.19. The number of nitrogens with zero attached hydrogens (tertiary/aromatic N) is 3. The van der Waals surface area contributed by atoms with E-state index in [1.54, 1.807) is 12.1 Å². The molecule has 4 rings (SSSR count). The SMILES string of the molecule is CN(c1nc(Cl)nc2cc([C@@H]3O[C@H](COP(=O)(O)CP(=O)(O)O)C[C@@H]3F)ccc12)C1CCCC1. The van der Waals surface area contributed by atoms with Gasteiger partial charge >= 0.3 is 15.2 Å². The fraction of sp³-hybridized carbons (Fsp3) is 0.600. The first-order valence-electron chi connectivity index (χ1n) is 10.9. The van der Waals surface area contributed by atoms with Crippen LogP contribution in [0.25, 0.3) is 10.9 Å². The third-order valence-electron chi connectivity index (χ3n) is 6.19. The Labute approximate surface area is 201 Å². The minimum absolute atomic E-state index is 0.0867. The van der Waals surface area contributed by atoms with Crippen LogP contribution >= 0.6 is 26.8 Å². The number of hydrogen-bond donors (Lipinski definition) is 3. The summed E-state index contributed by atoms with van der Waals surface area (Å²) in [7, 11) is -7.31. The van der Waals surface area contributed by atoms with Gasteiger partial charge in [0.05, 0.1) is 18.2 Å². The van der Waals surface area contributed by atoms with E-state index in [1.807, 2.05) is 13.1 Å². The molecule has 3 N–H and O–H groups in total. The maximum Gasteiger partial charge on any atom is 0.340 e. The average molecular weight is 538 g/mol. The molecule has 4 atom stereocenters. The number of halogens is 2. The van der Waals surface area contributed by atoms with E-state index < -0.39 is 46.1 Å². The Hall–Kier alpha value is -1.16. The Bertz CT molecular complexity index is 1150. The number of fused-ring (bicyclic) bond motifs is 1. The highest BCUT2D eigenvalue weighted by Gasteiger charge is 2.39. The van der Waals surface area contributed by atoms with Crippen molar-refractivity contribution in [2.24, 2.45) is 0 Å². The summed E-state index contributed by atoms with van der Waals surface area (Å²) in [5.41, 5.74) is 1.07. The fourth-order valence-corrected chi connectivity index (χ4v) is 7.36. The van der Waals surface area contributed by atoms with E-state index in [9.17, 15) is 18.4 Å². The lowest BCUT2D eigenvalue weighted by molar-refractivity contribution is 0.00429. The lowest BCUT2D eigenvalue weighted by Crippen LogP contribution is -2.29. The predicted octanol–water partition coefficient (Wildman–Crippen LogP) is 4.17. The van der Waals surface area contributed by atoms with Gasteiger partial charge in [-0.2, -0.15) is 4.98 Å². The first-order chi connectivity index (χ1) is 15.9. The molecule has 0 bridgehead atoms. The molecule has 1 saturated heterocycles. The van der Waals surface area contributed by atoms with Crippen LogP contribution in [-0.2, 0) is 18.4 Å². The van der Waals surface area contributed by atoms with Crippen molar-refractivity contribution in [3.05, 3.63) is 29.0 Å². The van der Waals surface area contributed by atoms with Crippen LogP contribution in [0.4, 0.5) is 10.2 Å². The van der Waals surface area contributed by atoms with E-state index in [4.69, 9.17) is 30.6 Å². The van der Waals surface area contributed by atoms with Gasteiger partial charge in [-0.1, -0.05) is 18.9 Å². The highest BCUT2D eigenvalue weighted by atomic mass is 35.5. The van der Waals surface area contributed by atoms with Crippen LogP contribution in [0.1, 0.15) is 43.8 Å². The minimum Gasteiger partial charge on any atom is -0.365 e. The summed E-state index contributed by atoms with van der Waals surface area (Å²) in [5, 5.41) is 0.873. The average Bonchev–Trinajstić information content (AvgIpc) is 3.39. The molecule has 1 unspecified atom stereocenters. The first-order valence-corrected chi connectivity index (χ1v) is 14.9. The minimum atomic E-state index is -4.75. The van der Waals surface area contributed by atoms with Gasteiger partial charge in [-0.3, -0.25) is 9.13 Å². The zero-order valence-electron chi connectivity index (χ0n) is 18.5. The Morgan fingerprint density at radius 3 is 2.62 bits per heavy atom. The van der Waals surface area contributed by atoms with E-state index in [-0.39, 0.29) is 11.7 Å². The number of rotatable bonds is 8. The second-order valence-corrected chi connectivity index (χ2v) is 13.1. The lowest BCUT2D eigenvalue weighted by atomic mass is 10.0. The smallest absolute Gasteiger partial charge is 0.340 e. The van der Waals surface area contributed by atoms with Crippen molar-refractivity contribution >= 4 is 43.5 Å². The lowest BCUT2D eigenvalue weighted by Gasteiger charge is -2.26. The molecule has 2 heterocycles. The Balaban J connectivity index is 1.50. The van der Waals surface area contributed by atoms with E-state index in [0.29, 0.717) is 22.9 Å². The van der Waals surface area contributed by atoms with Crippen molar-refractivity contribution in [1.82, 2.24) is 9.97 Å². The predicted molar refractivity (Wildman–Crippen MR) is 125 cm³/mol. The van der Waals surface area contributed by atoms with Gasteiger partial charge in [0.15, 0.2) is 5.90 Å². The third-order valence-corrected chi connectivity index (χ3v) is 9.81. The van der Waals surface area contributed by atoms with Gasteiger partial charge in [-0.15, -0.1) is 0 Å². The molecule has 1 aromatic heterocycles. The first kappa shape index (κ1) is 25.9. The van der Waals surface area contributed by atoms with Crippen molar-refractivity contribution in [2.75, 3.05) is 24.5 Å². The van der Waals surface area contributed by atoms with Gasteiger partial charge in [0.1, 0.15) is 18.1 Å². The maximum atomic E-state index is 14.8. The molecule has 14 heteroatoms. The van der Waals surface area contributed by atoms with Crippen LogP contribution < -0.4 is 4.90 Å². The van der Waals surface area contributed by atoms with E-state index in [1.165, 1.54) is 12.8 Å². The molecule has 1 aliphatic carbocycles. The molecule has 1 aromatic carbocycles. The molecule has 0 spiro atoms. The Morgan fingerprint density at radius 1 is 1.24 bits per heavy atom. The standard InChI is InChI=1S/C20H27ClFN3O7P2/c1-25(13-4-2-3-5-13)19-15-7-6-12(8-17(15)23-20(21)24-19)18-16(22)9-14(32-18)10-31-34(29,30)11-33(26,27)28/h6-8,13-14,16,18H,2-5,9-11H2,1H3,(H,29,30)(H2,26,27,28)/t14-,16-,18-/m0/s1. The number of hydrogen-bond acceptors (Lipinski definition) is 7. The van der Waals surface area contributed by atoms with E-state index in [2.05, 4.69) is 14.9 Å². The van der Waals surface area contributed by atoms with Crippen LogP contribution in [-0.4, -0.2) is 62.5 Å². The molecule has 2 aromatic rings. The number of anilines is 1. The molecule has 1 saturated carbocycles.